The summed E-state index contributed by atoms with van der Waals surface area (Å²) in [7, 11) is 1.71. The molecule has 0 aromatic carbocycles. The third-order valence-electron chi connectivity index (χ3n) is 4.33. The average Bonchev–Trinajstić information content (AvgIpc) is 2.47. The molecular formula is C16H27ClN2O. The molecule has 0 fully saturated rings. The van der Waals surface area contributed by atoms with Crippen LogP contribution in [0.2, 0.25) is 0 Å². The lowest BCUT2D eigenvalue weighted by Crippen LogP contribution is -2.35. The summed E-state index contributed by atoms with van der Waals surface area (Å²) < 4.78 is 5.44. The fourth-order valence-corrected chi connectivity index (χ4v) is 2.90. The number of rotatable bonds is 8. The third kappa shape index (κ3) is 3.86. The number of ether oxygens (including phenoxy) is 1. The summed E-state index contributed by atoms with van der Waals surface area (Å²) >= 11 is 6.13. The molecule has 0 bridgehead atoms. The van der Waals surface area contributed by atoms with Crippen molar-refractivity contribution < 1.29 is 4.74 Å². The van der Waals surface area contributed by atoms with Crippen molar-refractivity contribution in [3.05, 3.63) is 23.0 Å². The largest absolute Gasteiger partial charge is 0.496 e. The van der Waals surface area contributed by atoms with Crippen molar-refractivity contribution in [3.8, 4) is 5.75 Å². The molecule has 1 N–H and O–H groups in total. The number of alkyl halides is 1. The zero-order valence-electron chi connectivity index (χ0n) is 13.3. The van der Waals surface area contributed by atoms with Crippen LogP contribution in [-0.4, -0.2) is 24.5 Å². The Hall–Kier alpha value is -0.800. The van der Waals surface area contributed by atoms with Crippen molar-refractivity contribution in [2.24, 2.45) is 5.41 Å². The maximum atomic E-state index is 6.13. The van der Waals surface area contributed by atoms with Crippen LogP contribution in [0, 0.1) is 19.3 Å². The molecule has 0 aliphatic rings. The number of aryl methyl sites for hydroxylation is 1. The molecule has 0 radical (unpaired) electrons. The van der Waals surface area contributed by atoms with E-state index in [9.17, 15) is 0 Å². The summed E-state index contributed by atoms with van der Waals surface area (Å²) in [6.07, 6.45) is 4.05. The van der Waals surface area contributed by atoms with Gasteiger partial charge in [0.1, 0.15) is 5.75 Å². The Morgan fingerprint density at radius 2 is 1.95 bits per heavy atom. The van der Waals surface area contributed by atoms with Gasteiger partial charge in [0.05, 0.1) is 12.8 Å². The van der Waals surface area contributed by atoms with Crippen LogP contribution in [0.3, 0.4) is 0 Å². The lowest BCUT2D eigenvalue weighted by Gasteiger charge is -2.29. The van der Waals surface area contributed by atoms with E-state index in [2.05, 4.69) is 31.1 Å². The molecule has 1 aromatic rings. The van der Waals surface area contributed by atoms with Gasteiger partial charge in [0.15, 0.2) is 0 Å². The molecular weight excluding hydrogens is 272 g/mol. The molecule has 0 unspecified atom stereocenters. The number of hydrogen-bond donors (Lipinski definition) is 1. The molecule has 0 saturated heterocycles. The summed E-state index contributed by atoms with van der Waals surface area (Å²) in [5, 5.41) is 3.50. The van der Waals surface area contributed by atoms with Crippen molar-refractivity contribution in [3.63, 3.8) is 0 Å². The van der Waals surface area contributed by atoms with Gasteiger partial charge in [-0.1, -0.05) is 13.8 Å². The van der Waals surface area contributed by atoms with E-state index in [0.29, 0.717) is 5.88 Å². The first-order valence-corrected chi connectivity index (χ1v) is 7.82. The lowest BCUT2D eigenvalue weighted by molar-refractivity contribution is 0.285. The maximum Gasteiger partial charge on any atom is 0.128 e. The van der Waals surface area contributed by atoms with E-state index in [1.54, 1.807) is 7.11 Å². The quantitative estimate of drug-likeness (QED) is 0.740. The Balaban J connectivity index is 2.71. The van der Waals surface area contributed by atoms with E-state index in [1.165, 1.54) is 0 Å². The highest BCUT2D eigenvalue weighted by molar-refractivity contribution is 6.18. The van der Waals surface area contributed by atoms with Crippen LogP contribution in [0.1, 0.15) is 43.5 Å². The van der Waals surface area contributed by atoms with Crippen LogP contribution in [0.5, 0.6) is 5.75 Å². The number of pyridine rings is 1. The van der Waals surface area contributed by atoms with Crippen LogP contribution in [0.15, 0.2) is 6.20 Å². The molecule has 20 heavy (non-hydrogen) atoms. The molecule has 0 aliphatic carbocycles. The van der Waals surface area contributed by atoms with Crippen LogP contribution >= 0.6 is 11.6 Å². The van der Waals surface area contributed by atoms with Gasteiger partial charge in [0.25, 0.3) is 0 Å². The fourth-order valence-electron chi connectivity index (χ4n) is 2.43. The van der Waals surface area contributed by atoms with Gasteiger partial charge in [-0.15, -0.1) is 11.6 Å². The zero-order valence-corrected chi connectivity index (χ0v) is 14.1. The first-order chi connectivity index (χ1) is 9.53. The number of hydrogen-bond acceptors (Lipinski definition) is 3. The topological polar surface area (TPSA) is 34.2 Å². The molecule has 1 heterocycles. The van der Waals surface area contributed by atoms with E-state index in [-0.39, 0.29) is 5.41 Å². The molecule has 0 saturated carbocycles. The normalized spacial score (nSPS) is 11.7. The summed E-state index contributed by atoms with van der Waals surface area (Å²) in [6.45, 7) is 10.1. The smallest absolute Gasteiger partial charge is 0.128 e. The zero-order chi connectivity index (χ0) is 15.2. The molecule has 1 rings (SSSR count). The Morgan fingerprint density at radius 1 is 1.30 bits per heavy atom. The van der Waals surface area contributed by atoms with E-state index in [0.717, 1.165) is 48.5 Å². The molecule has 1 aromatic heterocycles. The minimum Gasteiger partial charge on any atom is -0.496 e. The molecule has 0 atom stereocenters. The van der Waals surface area contributed by atoms with Crippen molar-refractivity contribution in [2.75, 3.05) is 19.5 Å². The second kappa shape index (κ2) is 7.84. The first kappa shape index (κ1) is 17.3. The monoisotopic (exact) mass is 298 g/mol. The lowest BCUT2D eigenvalue weighted by atomic mass is 9.84. The second-order valence-electron chi connectivity index (χ2n) is 5.49. The van der Waals surface area contributed by atoms with Crippen molar-refractivity contribution >= 4 is 11.6 Å². The first-order valence-electron chi connectivity index (χ1n) is 7.29. The van der Waals surface area contributed by atoms with Gasteiger partial charge >= 0.3 is 0 Å². The van der Waals surface area contributed by atoms with Crippen LogP contribution in [-0.2, 0) is 6.54 Å². The minimum atomic E-state index is 0.185. The predicted molar refractivity (Wildman–Crippen MR) is 85.7 cm³/mol. The van der Waals surface area contributed by atoms with Gasteiger partial charge in [0.2, 0.25) is 0 Å². The van der Waals surface area contributed by atoms with E-state index in [4.69, 9.17) is 16.3 Å². The standard InChI is InChI=1S/C16H27ClN2O/c1-6-16(7-2,10-17)11-18-9-14-13(4)15(20-5)12(3)8-19-14/h8,18H,6-7,9-11H2,1-5H3. The second-order valence-corrected chi connectivity index (χ2v) is 5.76. The Kier molecular flexibility index (Phi) is 6.77. The van der Waals surface area contributed by atoms with Gasteiger partial charge in [-0.3, -0.25) is 4.98 Å². The molecule has 4 heteroatoms. The SMILES string of the molecule is CCC(CC)(CCl)CNCc1ncc(C)c(OC)c1C. The maximum absolute atomic E-state index is 6.13. The van der Waals surface area contributed by atoms with Gasteiger partial charge < -0.3 is 10.1 Å². The molecule has 0 aliphatic heterocycles. The van der Waals surface area contributed by atoms with E-state index >= 15 is 0 Å². The van der Waals surface area contributed by atoms with E-state index < -0.39 is 0 Å². The minimum absolute atomic E-state index is 0.185. The van der Waals surface area contributed by atoms with Gasteiger partial charge in [0, 0.05) is 36.3 Å². The Labute approximate surface area is 128 Å². The van der Waals surface area contributed by atoms with Crippen molar-refractivity contribution in [1.29, 1.82) is 0 Å². The third-order valence-corrected chi connectivity index (χ3v) is 4.89. The van der Waals surface area contributed by atoms with Crippen LogP contribution in [0.4, 0.5) is 0 Å². The molecule has 114 valence electrons. The average molecular weight is 299 g/mol. The number of aromatic nitrogens is 1. The van der Waals surface area contributed by atoms with E-state index in [1.807, 2.05) is 13.1 Å². The van der Waals surface area contributed by atoms with Gasteiger partial charge in [-0.2, -0.15) is 0 Å². The number of halogens is 1. The van der Waals surface area contributed by atoms with Crippen LogP contribution < -0.4 is 10.1 Å². The molecule has 3 nitrogen and oxygen atoms in total. The van der Waals surface area contributed by atoms with Crippen molar-refractivity contribution in [1.82, 2.24) is 10.3 Å². The summed E-state index contributed by atoms with van der Waals surface area (Å²) in [6, 6.07) is 0. The van der Waals surface area contributed by atoms with Crippen LogP contribution in [0.25, 0.3) is 0 Å². The summed E-state index contributed by atoms with van der Waals surface area (Å²) in [4.78, 5) is 4.51. The highest BCUT2D eigenvalue weighted by Crippen LogP contribution is 2.27. The van der Waals surface area contributed by atoms with Crippen molar-refractivity contribution in [2.45, 2.75) is 47.1 Å². The molecule has 0 amide bonds. The number of nitrogens with zero attached hydrogens (tertiary/aromatic N) is 1. The Bertz CT molecular complexity index is 422. The molecule has 0 spiro atoms. The van der Waals surface area contributed by atoms with Gasteiger partial charge in [-0.25, -0.2) is 0 Å². The fraction of sp³-hybridized carbons (Fsp3) is 0.688. The summed E-state index contributed by atoms with van der Waals surface area (Å²) in [5.41, 5.74) is 3.42. The highest BCUT2D eigenvalue weighted by atomic mass is 35.5. The number of methoxy groups -OCH3 is 1. The predicted octanol–water partition coefficient (Wildman–Crippen LogP) is 3.84. The Morgan fingerprint density at radius 3 is 2.45 bits per heavy atom. The number of nitrogens with one attached hydrogen (secondary N) is 1. The van der Waals surface area contributed by atoms with Gasteiger partial charge in [-0.05, 0) is 32.1 Å². The highest BCUT2D eigenvalue weighted by Gasteiger charge is 2.24. The summed E-state index contributed by atoms with van der Waals surface area (Å²) in [5.74, 6) is 1.63.